The van der Waals surface area contributed by atoms with Crippen molar-refractivity contribution in [3.63, 3.8) is 0 Å². The van der Waals surface area contributed by atoms with Crippen molar-refractivity contribution in [3.05, 3.63) is 24.3 Å². The molecule has 0 spiro atoms. The predicted octanol–water partition coefficient (Wildman–Crippen LogP) is 1.24. The van der Waals surface area contributed by atoms with Crippen molar-refractivity contribution in [2.75, 3.05) is 13.1 Å². The molecular formula is C12H14F6N2O6S2. The van der Waals surface area contributed by atoms with Crippen LogP contribution in [0, 0.1) is 0 Å². The fraction of sp³-hybridized carbons (Fsp3) is 0.417. The van der Waals surface area contributed by atoms with E-state index in [1.807, 2.05) is 4.72 Å². The maximum atomic E-state index is 12.6. The molecule has 0 aliphatic rings. The lowest BCUT2D eigenvalue weighted by molar-refractivity contribution is -0.192. The first-order chi connectivity index (χ1) is 12.5. The molecule has 1 rings (SSSR count). The van der Waals surface area contributed by atoms with Crippen molar-refractivity contribution < 1.29 is 53.1 Å². The van der Waals surface area contributed by atoms with Crippen molar-refractivity contribution in [3.8, 4) is 0 Å². The number of nitrogens with one attached hydrogen (secondary N) is 1. The van der Waals surface area contributed by atoms with Gasteiger partial charge in [-0.2, -0.15) is 26.3 Å². The van der Waals surface area contributed by atoms with Gasteiger partial charge in [-0.15, -0.1) is 0 Å². The Hall–Kier alpha value is -1.91. The number of nitrogens with two attached hydrogens (primary N) is 1. The lowest BCUT2D eigenvalue weighted by Crippen LogP contribution is -2.30. The second-order valence-corrected chi connectivity index (χ2v) is 8.38. The number of benzene rings is 1. The van der Waals surface area contributed by atoms with Gasteiger partial charge >= 0.3 is 17.7 Å². The molecule has 0 saturated carbocycles. The molecule has 28 heavy (non-hydrogen) atoms. The number of rotatable bonds is 6. The summed E-state index contributed by atoms with van der Waals surface area (Å²) < 4.78 is 118. The van der Waals surface area contributed by atoms with Crippen molar-refractivity contribution in [1.29, 1.82) is 0 Å². The molecule has 16 heteroatoms. The maximum absolute atomic E-state index is 12.6. The zero-order chi connectivity index (χ0) is 22.4. The van der Waals surface area contributed by atoms with Crippen LogP contribution in [0.25, 0.3) is 0 Å². The number of sulfone groups is 1. The molecule has 1 aromatic carbocycles. The van der Waals surface area contributed by atoms with Crippen molar-refractivity contribution in [2.24, 2.45) is 5.73 Å². The number of hydrogen-bond donors (Lipinski definition) is 3. The van der Waals surface area contributed by atoms with E-state index in [-0.39, 0.29) is 19.5 Å². The van der Waals surface area contributed by atoms with E-state index in [0.29, 0.717) is 6.07 Å². The third-order valence-electron chi connectivity index (χ3n) is 2.65. The Morgan fingerprint density at radius 1 is 1.00 bits per heavy atom. The van der Waals surface area contributed by atoms with E-state index in [4.69, 9.17) is 15.6 Å². The number of halogens is 6. The number of carbonyl (C=O) groups is 1. The molecule has 0 bridgehead atoms. The summed E-state index contributed by atoms with van der Waals surface area (Å²) in [5.74, 6) is -2.76. The summed E-state index contributed by atoms with van der Waals surface area (Å²) in [6.07, 6.45) is -4.83. The Labute approximate surface area is 155 Å². The molecule has 0 saturated heterocycles. The monoisotopic (exact) mass is 460 g/mol. The summed E-state index contributed by atoms with van der Waals surface area (Å²) in [4.78, 5) is 6.64. The highest BCUT2D eigenvalue weighted by Crippen LogP contribution is 2.33. The molecule has 1 aromatic rings. The minimum atomic E-state index is -5.76. The molecule has 0 aliphatic heterocycles. The first kappa shape index (κ1) is 26.1. The van der Waals surface area contributed by atoms with Crippen LogP contribution in [-0.4, -0.2) is 52.7 Å². The van der Waals surface area contributed by atoms with Gasteiger partial charge in [0.2, 0.25) is 10.0 Å². The number of carboxylic acids is 1. The maximum Gasteiger partial charge on any atom is 0.501 e. The van der Waals surface area contributed by atoms with Gasteiger partial charge < -0.3 is 10.8 Å². The Morgan fingerprint density at radius 3 is 1.79 bits per heavy atom. The zero-order valence-electron chi connectivity index (χ0n) is 13.6. The largest absolute Gasteiger partial charge is 0.501 e. The van der Waals surface area contributed by atoms with Crippen molar-refractivity contribution in [2.45, 2.75) is 27.9 Å². The van der Waals surface area contributed by atoms with E-state index in [1.54, 1.807) is 0 Å². The minimum absolute atomic E-state index is 0.112. The van der Waals surface area contributed by atoms with Crippen LogP contribution in [0.4, 0.5) is 26.3 Å². The van der Waals surface area contributed by atoms with E-state index >= 15 is 0 Å². The van der Waals surface area contributed by atoms with Crippen LogP contribution in [0.1, 0.15) is 6.42 Å². The van der Waals surface area contributed by atoms with Gasteiger partial charge in [0.1, 0.15) is 4.90 Å². The standard InChI is InChI=1S/C10H13F3N2O4S2.C2HF3O2/c11-10(12,13)20(16,17)8-4-1-2-5-9(8)21(18,19)15-7-3-6-14;3-2(4,5)1(6)7/h1-2,4-5,15H,3,6-7,14H2;(H,6,7). The van der Waals surface area contributed by atoms with E-state index in [0.717, 1.165) is 18.2 Å². The molecule has 0 atom stereocenters. The van der Waals surface area contributed by atoms with Crippen LogP contribution in [0.2, 0.25) is 0 Å². The molecule has 8 nitrogen and oxygen atoms in total. The molecule has 0 heterocycles. The zero-order valence-corrected chi connectivity index (χ0v) is 15.2. The summed E-state index contributed by atoms with van der Waals surface area (Å²) in [6, 6.07) is 3.54. The van der Waals surface area contributed by atoms with E-state index in [2.05, 4.69) is 0 Å². The van der Waals surface area contributed by atoms with Crippen molar-refractivity contribution in [1.82, 2.24) is 4.72 Å². The summed E-state index contributed by atoms with van der Waals surface area (Å²) in [7, 11) is -10.2. The number of alkyl halides is 6. The number of aliphatic carboxylic acids is 1. The average Bonchev–Trinajstić information content (AvgIpc) is 2.53. The first-order valence-electron chi connectivity index (χ1n) is 6.88. The van der Waals surface area contributed by atoms with Gasteiger partial charge in [0, 0.05) is 6.54 Å². The number of sulfonamides is 1. The second-order valence-electron chi connectivity index (χ2n) is 4.74. The van der Waals surface area contributed by atoms with Gasteiger partial charge in [0.15, 0.2) is 0 Å². The van der Waals surface area contributed by atoms with Crippen LogP contribution in [0.15, 0.2) is 34.1 Å². The quantitative estimate of drug-likeness (QED) is 0.428. The predicted molar refractivity (Wildman–Crippen MR) is 82.2 cm³/mol. The third-order valence-corrected chi connectivity index (χ3v) is 5.84. The Bertz CT molecular complexity index is 881. The molecule has 0 radical (unpaired) electrons. The van der Waals surface area contributed by atoms with Crippen LogP contribution in [0.3, 0.4) is 0 Å². The number of hydrogen-bond acceptors (Lipinski definition) is 6. The topological polar surface area (TPSA) is 144 Å². The lowest BCUT2D eigenvalue weighted by Gasteiger charge is -2.13. The molecular weight excluding hydrogens is 446 g/mol. The molecule has 0 aromatic heterocycles. The Balaban J connectivity index is 0.000000887. The van der Waals surface area contributed by atoms with Crippen molar-refractivity contribution >= 4 is 25.8 Å². The molecule has 4 N–H and O–H groups in total. The van der Waals surface area contributed by atoms with Gasteiger partial charge in [-0.25, -0.2) is 26.4 Å². The summed E-state index contributed by atoms with van der Waals surface area (Å²) in [6.45, 7) is 0.0598. The normalized spacial score (nSPS) is 12.8. The summed E-state index contributed by atoms with van der Waals surface area (Å²) in [5.41, 5.74) is -0.414. The van der Waals surface area contributed by atoms with Crippen LogP contribution in [-0.2, 0) is 24.7 Å². The van der Waals surface area contributed by atoms with Gasteiger partial charge in [-0.05, 0) is 25.1 Å². The fourth-order valence-corrected chi connectivity index (χ4v) is 4.06. The highest BCUT2D eigenvalue weighted by atomic mass is 32.2. The summed E-state index contributed by atoms with van der Waals surface area (Å²) in [5, 5.41) is 7.12. The molecule has 0 unspecified atom stereocenters. The van der Waals surface area contributed by atoms with Crippen LogP contribution in [0.5, 0.6) is 0 Å². The molecule has 0 amide bonds. The smallest absolute Gasteiger partial charge is 0.475 e. The minimum Gasteiger partial charge on any atom is -0.475 e. The van der Waals surface area contributed by atoms with Gasteiger partial charge in [-0.1, -0.05) is 12.1 Å². The SMILES string of the molecule is NCCCNS(=O)(=O)c1ccccc1S(=O)(=O)C(F)(F)F.O=C(O)C(F)(F)F. The molecule has 0 aliphatic carbocycles. The lowest BCUT2D eigenvalue weighted by atomic mass is 10.4. The van der Waals surface area contributed by atoms with E-state index in [1.165, 1.54) is 0 Å². The second kappa shape index (κ2) is 9.53. The van der Waals surface area contributed by atoms with Crippen LogP contribution < -0.4 is 10.5 Å². The summed E-state index contributed by atoms with van der Waals surface area (Å²) >= 11 is 0. The third kappa shape index (κ3) is 7.25. The first-order valence-corrected chi connectivity index (χ1v) is 9.85. The molecule has 0 fully saturated rings. The highest BCUT2D eigenvalue weighted by Gasteiger charge is 2.48. The van der Waals surface area contributed by atoms with Gasteiger partial charge in [0.05, 0.1) is 4.90 Å². The molecule has 162 valence electrons. The van der Waals surface area contributed by atoms with Gasteiger partial charge in [-0.3, -0.25) is 0 Å². The average molecular weight is 460 g/mol. The Morgan fingerprint density at radius 2 is 1.43 bits per heavy atom. The van der Waals surface area contributed by atoms with E-state index in [9.17, 15) is 43.2 Å². The fourth-order valence-electron chi connectivity index (χ4n) is 1.41. The Kier molecular flexibility index (Phi) is 8.88. The number of carboxylic acid groups (broad SMARTS) is 1. The van der Waals surface area contributed by atoms with Crippen LogP contribution >= 0.6 is 0 Å². The van der Waals surface area contributed by atoms with E-state index < -0.39 is 47.3 Å². The van der Waals surface area contributed by atoms with Gasteiger partial charge in [0.25, 0.3) is 9.84 Å². The highest BCUT2D eigenvalue weighted by molar-refractivity contribution is 7.94.